The van der Waals surface area contributed by atoms with E-state index in [0.717, 1.165) is 24.2 Å². The fraction of sp³-hybridized carbons (Fsp3) is 0.897. The molecule has 3 fully saturated rings. The molecule has 0 aromatic heterocycles. The molecule has 8 atom stereocenters. The van der Waals surface area contributed by atoms with Crippen LogP contribution < -0.4 is 0 Å². The summed E-state index contributed by atoms with van der Waals surface area (Å²) in [4.78, 5) is 12.4. The Morgan fingerprint density at radius 2 is 1.79 bits per heavy atom. The van der Waals surface area contributed by atoms with Crippen molar-refractivity contribution in [3.63, 3.8) is 0 Å². The van der Waals surface area contributed by atoms with E-state index < -0.39 is 8.32 Å². The highest BCUT2D eigenvalue weighted by Gasteiger charge is 2.60. The number of esters is 1. The first kappa shape index (κ1) is 25.5. The van der Waals surface area contributed by atoms with Gasteiger partial charge in [-0.3, -0.25) is 4.79 Å². The first-order chi connectivity index (χ1) is 15.2. The molecule has 0 saturated heterocycles. The highest BCUT2D eigenvalue weighted by molar-refractivity contribution is 6.74. The Bertz CT molecular complexity index is 795. The molecule has 0 N–H and O–H groups in total. The van der Waals surface area contributed by atoms with Gasteiger partial charge in [-0.05, 0) is 104 Å². The molecule has 0 heterocycles. The first-order valence-corrected chi connectivity index (χ1v) is 16.6. The topological polar surface area (TPSA) is 35.5 Å². The Labute approximate surface area is 204 Å². The molecule has 0 aliphatic heterocycles. The number of hydrogen-bond donors (Lipinski definition) is 0. The summed E-state index contributed by atoms with van der Waals surface area (Å²) in [6.07, 6.45) is 13.0. The Morgan fingerprint density at radius 1 is 1.09 bits per heavy atom. The van der Waals surface area contributed by atoms with E-state index in [1.165, 1.54) is 44.9 Å². The third kappa shape index (κ3) is 4.09. The molecular formula is C29H50O3Si. The number of rotatable bonds is 4. The molecule has 3 nitrogen and oxygen atoms in total. The van der Waals surface area contributed by atoms with Crippen LogP contribution >= 0.6 is 0 Å². The second-order valence-electron chi connectivity index (χ2n) is 14.0. The van der Waals surface area contributed by atoms with Crippen molar-refractivity contribution in [1.29, 1.82) is 0 Å². The van der Waals surface area contributed by atoms with Crippen LogP contribution in [-0.2, 0) is 14.0 Å². The predicted molar refractivity (Wildman–Crippen MR) is 138 cm³/mol. The fourth-order valence-corrected chi connectivity index (χ4v) is 9.92. The summed E-state index contributed by atoms with van der Waals surface area (Å²) in [6, 6.07) is 0. The average molecular weight is 475 g/mol. The van der Waals surface area contributed by atoms with Crippen LogP contribution in [0, 0.1) is 40.4 Å². The molecule has 0 spiro atoms. The Hall–Kier alpha value is -0.613. The number of hydrogen-bond acceptors (Lipinski definition) is 3. The number of fused-ring (bicyclic) bond motifs is 5. The molecule has 188 valence electrons. The number of allylic oxidation sites excluding steroid dienone is 1. The maximum Gasteiger partial charge on any atom is 0.308 e. The molecule has 4 aliphatic carbocycles. The Morgan fingerprint density at radius 3 is 2.42 bits per heavy atom. The van der Waals surface area contributed by atoms with E-state index in [2.05, 4.69) is 60.7 Å². The molecule has 4 heteroatoms. The van der Waals surface area contributed by atoms with E-state index in [0.29, 0.717) is 22.9 Å². The number of carbonyl (C=O) groups excluding carboxylic acids is 1. The molecule has 0 bridgehead atoms. The van der Waals surface area contributed by atoms with E-state index in [4.69, 9.17) is 9.16 Å². The van der Waals surface area contributed by atoms with E-state index in [1.807, 2.05) is 0 Å². The Balaban J connectivity index is 1.52. The van der Waals surface area contributed by atoms with Crippen LogP contribution in [0.25, 0.3) is 0 Å². The highest BCUT2D eigenvalue weighted by Crippen LogP contribution is 2.67. The monoisotopic (exact) mass is 474 g/mol. The van der Waals surface area contributed by atoms with Crippen molar-refractivity contribution in [2.75, 3.05) is 7.11 Å². The van der Waals surface area contributed by atoms with Gasteiger partial charge in [0.2, 0.25) is 0 Å². The van der Waals surface area contributed by atoms with Crippen molar-refractivity contribution < 1.29 is 14.0 Å². The average Bonchev–Trinajstić information content (AvgIpc) is 3.09. The third-order valence-corrected chi connectivity index (χ3v) is 16.1. The van der Waals surface area contributed by atoms with Crippen molar-refractivity contribution in [1.82, 2.24) is 0 Å². The standard InChI is InChI=1S/C29H50O3Si/c1-19(26(30)31-7)23-12-13-24-22-11-10-20-18-21(32-33(8,9)27(2,3)4)14-16-28(20,5)25(22)15-17-29(23,24)6/h10,19,21-25H,11-18H2,1-9H3/t19-,21-,22-,23+,24-,25-,28-,29+/m0/s1. The lowest BCUT2D eigenvalue weighted by Crippen LogP contribution is -2.52. The molecule has 0 unspecified atom stereocenters. The molecule has 4 aliphatic rings. The van der Waals surface area contributed by atoms with Crippen LogP contribution in [0.5, 0.6) is 0 Å². The highest BCUT2D eigenvalue weighted by atomic mass is 28.4. The zero-order valence-electron chi connectivity index (χ0n) is 22.9. The van der Waals surface area contributed by atoms with Gasteiger partial charge in [-0.2, -0.15) is 0 Å². The van der Waals surface area contributed by atoms with Crippen molar-refractivity contribution in [3.8, 4) is 0 Å². The SMILES string of the molecule is COC(=O)[C@@H](C)[C@H]1CC[C@H]2[C@@H]3CC=C4C[C@@H](O[Si](C)(C)C(C)(C)C)CC[C@]4(C)[C@H]3CC[C@]12C. The summed E-state index contributed by atoms with van der Waals surface area (Å²) in [7, 11) is -0.186. The predicted octanol–water partition coefficient (Wildman–Crippen LogP) is 7.76. The molecule has 0 aromatic rings. The van der Waals surface area contributed by atoms with E-state index >= 15 is 0 Å². The third-order valence-electron chi connectivity index (χ3n) is 11.6. The van der Waals surface area contributed by atoms with E-state index in [9.17, 15) is 4.79 Å². The minimum atomic E-state index is -1.73. The summed E-state index contributed by atoms with van der Waals surface area (Å²) < 4.78 is 12.0. The van der Waals surface area contributed by atoms with Crippen LogP contribution in [-0.4, -0.2) is 27.5 Å². The van der Waals surface area contributed by atoms with E-state index in [1.54, 1.807) is 12.7 Å². The van der Waals surface area contributed by atoms with Crippen LogP contribution in [0.1, 0.15) is 92.9 Å². The van der Waals surface area contributed by atoms with Crippen LogP contribution in [0.3, 0.4) is 0 Å². The van der Waals surface area contributed by atoms with Gasteiger partial charge in [-0.25, -0.2) is 0 Å². The van der Waals surface area contributed by atoms with Crippen molar-refractivity contribution >= 4 is 14.3 Å². The van der Waals surface area contributed by atoms with Gasteiger partial charge < -0.3 is 9.16 Å². The van der Waals surface area contributed by atoms with E-state index in [-0.39, 0.29) is 16.9 Å². The maximum atomic E-state index is 12.4. The molecule has 33 heavy (non-hydrogen) atoms. The number of ether oxygens (including phenoxy) is 1. The van der Waals surface area contributed by atoms with Crippen LogP contribution in [0.4, 0.5) is 0 Å². The summed E-state index contributed by atoms with van der Waals surface area (Å²) in [5.41, 5.74) is 2.35. The van der Waals surface area contributed by atoms with Crippen LogP contribution in [0.2, 0.25) is 18.1 Å². The zero-order valence-corrected chi connectivity index (χ0v) is 23.9. The second-order valence-corrected chi connectivity index (χ2v) is 18.8. The van der Waals surface area contributed by atoms with Gasteiger partial charge in [0.25, 0.3) is 0 Å². The summed E-state index contributed by atoms with van der Waals surface area (Å²) in [5, 5.41) is 0.272. The second kappa shape index (κ2) is 8.50. The van der Waals surface area contributed by atoms with Crippen molar-refractivity contribution in [2.24, 2.45) is 40.4 Å². The maximum absolute atomic E-state index is 12.4. The molecule has 3 saturated carbocycles. The quantitative estimate of drug-likeness (QED) is 0.237. The molecule has 0 amide bonds. The normalized spacial score (nSPS) is 42.0. The van der Waals surface area contributed by atoms with Gasteiger partial charge in [-0.1, -0.05) is 53.2 Å². The van der Waals surface area contributed by atoms with Gasteiger partial charge in [0.1, 0.15) is 0 Å². The van der Waals surface area contributed by atoms with Crippen molar-refractivity contribution in [2.45, 2.75) is 117 Å². The zero-order chi connectivity index (χ0) is 24.4. The van der Waals surface area contributed by atoms with Crippen LogP contribution in [0.15, 0.2) is 11.6 Å². The van der Waals surface area contributed by atoms with Gasteiger partial charge in [0.15, 0.2) is 8.32 Å². The lowest BCUT2D eigenvalue weighted by atomic mass is 9.47. The molecule has 4 rings (SSSR count). The summed E-state index contributed by atoms with van der Waals surface area (Å²) in [5.74, 6) is 2.82. The first-order valence-electron chi connectivity index (χ1n) is 13.7. The van der Waals surface area contributed by atoms with Gasteiger partial charge in [-0.15, -0.1) is 0 Å². The lowest BCUT2D eigenvalue weighted by Gasteiger charge is -2.58. The smallest absolute Gasteiger partial charge is 0.308 e. The molecule has 0 radical (unpaired) electrons. The minimum Gasteiger partial charge on any atom is -0.469 e. The lowest BCUT2D eigenvalue weighted by molar-refractivity contribution is -0.149. The van der Waals surface area contributed by atoms with Gasteiger partial charge >= 0.3 is 5.97 Å². The van der Waals surface area contributed by atoms with Gasteiger partial charge in [0.05, 0.1) is 13.0 Å². The summed E-state index contributed by atoms with van der Waals surface area (Å²) in [6.45, 7) is 19.1. The number of methoxy groups -OCH3 is 1. The fourth-order valence-electron chi connectivity index (χ4n) is 8.53. The number of carbonyl (C=O) groups is 1. The molecular weight excluding hydrogens is 424 g/mol. The minimum absolute atomic E-state index is 0.0122. The summed E-state index contributed by atoms with van der Waals surface area (Å²) >= 11 is 0. The van der Waals surface area contributed by atoms with Crippen molar-refractivity contribution in [3.05, 3.63) is 11.6 Å². The Kier molecular flexibility index (Phi) is 6.56. The molecule has 0 aromatic carbocycles. The largest absolute Gasteiger partial charge is 0.469 e. The van der Waals surface area contributed by atoms with Gasteiger partial charge in [0, 0.05) is 6.10 Å².